The smallest absolute Gasteiger partial charge is 0.139 e. The van der Waals surface area contributed by atoms with E-state index in [2.05, 4.69) is 6.58 Å². The monoisotopic (exact) mass is 219 g/mol. The summed E-state index contributed by atoms with van der Waals surface area (Å²) in [6, 6.07) is 4.69. The van der Waals surface area contributed by atoms with Crippen LogP contribution >= 0.6 is 24.0 Å². The number of para-hydroxylation sites is 1. The third-order valence-electron chi connectivity index (χ3n) is 1.63. The van der Waals surface area contributed by atoms with Crippen LogP contribution in [-0.2, 0) is 0 Å². The molecule has 0 bridgehead atoms. The highest BCUT2D eigenvalue weighted by atomic mass is 35.5. The maximum Gasteiger partial charge on any atom is 0.139 e. The highest BCUT2D eigenvalue weighted by molar-refractivity contribution is 6.32. The van der Waals surface area contributed by atoms with E-state index < -0.39 is 0 Å². The van der Waals surface area contributed by atoms with Crippen molar-refractivity contribution in [3.63, 3.8) is 0 Å². The van der Waals surface area contributed by atoms with Gasteiger partial charge < -0.3 is 10.8 Å². The van der Waals surface area contributed by atoms with Crippen LogP contribution in [0.4, 0.5) is 0 Å². The van der Waals surface area contributed by atoms with Gasteiger partial charge in [0.1, 0.15) is 5.75 Å². The molecule has 4 heteroatoms. The highest BCUT2D eigenvalue weighted by Crippen LogP contribution is 2.30. The van der Waals surface area contributed by atoms with E-state index in [4.69, 9.17) is 17.3 Å². The standard InChI is InChI=1S/C9H10ClNO.ClH/c1-2-8(11)6-4-3-5-7(10)9(6)12;/h2-5,8,12H,1,11H2;1H/t8-;/m1./s1. The Balaban J connectivity index is 0.00000144. The zero-order chi connectivity index (χ0) is 9.14. The van der Waals surface area contributed by atoms with Gasteiger partial charge in [0.05, 0.1) is 11.1 Å². The predicted molar refractivity (Wildman–Crippen MR) is 57.5 cm³/mol. The quantitative estimate of drug-likeness (QED) is 0.752. The van der Waals surface area contributed by atoms with Crippen molar-refractivity contribution in [3.8, 4) is 5.75 Å². The van der Waals surface area contributed by atoms with Gasteiger partial charge in [0, 0.05) is 5.56 Å². The Morgan fingerprint density at radius 3 is 2.69 bits per heavy atom. The van der Waals surface area contributed by atoms with Crippen LogP contribution in [0.25, 0.3) is 0 Å². The van der Waals surface area contributed by atoms with Gasteiger partial charge in [-0.3, -0.25) is 0 Å². The minimum atomic E-state index is -0.372. The number of aromatic hydroxyl groups is 1. The molecule has 0 aliphatic heterocycles. The van der Waals surface area contributed by atoms with Crippen LogP contribution in [-0.4, -0.2) is 5.11 Å². The minimum absolute atomic E-state index is 0. The van der Waals surface area contributed by atoms with Gasteiger partial charge >= 0.3 is 0 Å². The predicted octanol–water partition coefficient (Wildman–Crippen LogP) is 2.65. The van der Waals surface area contributed by atoms with Crippen LogP contribution in [0.5, 0.6) is 5.75 Å². The lowest BCUT2D eigenvalue weighted by molar-refractivity contribution is 0.466. The van der Waals surface area contributed by atoms with Crippen LogP contribution in [0.1, 0.15) is 11.6 Å². The van der Waals surface area contributed by atoms with Gasteiger partial charge in [-0.15, -0.1) is 19.0 Å². The lowest BCUT2D eigenvalue weighted by atomic mass is 10.1. The minimum Gasteiger partial charge on any atom is -0.506 e. The van der Waals surface area contributed by atoms with E-state index in [-0.39, 0.29) is 24.2 Å². The van der Waals surface area contributed by atoms with E-state index in [1.807, 2.05) is 0 Å². The van der Waals surface area contributed by atoms with Gasteiger partial charge in [0.25, 0.3) is 0 Å². The molecule has 0 saturated carbocycles. The van der Waals surface area contributed by atoms with Gasteiger partial charge in [0.2, 0.25) is 0 Å². The molecule has 0 radical (unpaired) electrons. The molecule has 2 nitrogen and oxygen atoms in total. The Bertz CT molecular complexity index is 302. The number of nitrogens with two attached hydrogens (primary N) is 1. The Kier molecular flexibility index (Phi) is 4.85. The molecule has 0 fully saturated rings. The van der Waals surface area contributed by atoms with Crippen LogP contribution in [0.3, 0.4) is 0 Å². The SMILES string of the molecule is C=C[C@@H](N)c1cccc(Cl)c1O.Cl. The van der Waals surface area contributed by atoms with Gasteiger partial charge in [-0.05, 0) is 6.07 Å². The Morgan fingerprint density at radius 2 is 2.15 bits per heavy atom. The van der Waals surface area contributed by atoms with Crippen LogP contribution < -0.4 is 5.73 Å². The summed E-state index contributed by atoms with van der Waals surface area (Å²) in [5.41, 5.74) is 6.22. The molecule has 13 heavy (non-hydrogen) atoms. The van der Waals surface area contributed by atoms with Crippen molar-refractivity contribution in [2.75, 3.05) is 0 Å². The summed E-state index contributed by atoms with van der Waals surface area (Å²) in [7, 11) is 0. The van der Waals surface area contributed by atoms with Gasteiger partial charge in [0.15, 0.2) is 0 Å². The van der Waals surface area contributed by atoms with Crippen LogP contribution in [0.15, 0.2) is 30.9 Å². The second kappa shape index (κ2) is 5.12. The van der Waals surface area contributed by atoms with Gasteiger partial charge in [-0.2, -0.15) is 0 Å². The van der Waals surface area contributed by atoms with Gasteiger partial charge in [-0.1, -0.05) is 29.8 Å². The first kappa shape index (κ1) is 12.3. The van der Waals surface area contributed by atoms with Crippen LogP contribution in [0.2, 0.25) is 5.02 Å². The Morgan fingerprint density at radius 1 is 1.54 bits per heavy atom. The number of hydrogen-bond donors (Lipinski definition) is 2. The van der Waals surface area contributed by atoms with Crippen molar-refractivity contribution < 1.29 is 5.11 Å². The maximum atomic E-state index is 9.44. The zero-order valence-electron chi connectivity index (χ0n) is 6.90. The molecule has 1 aromatic rings. The van der Waals surface area contributed by atoms with E-state index in [1.165, 1.54) is 0 Å². The number of phenolic OH excluding ortho intramolecular Hbond substituents is 1. The Hall–Kier alpha value is -0.700. The summed E-state index contributed by atoms with van der Waals surface area (Å²) in [6.45, 7) is 3.53. The van der Waals surface area contributed by atoms with E-state index in [0.717, 1.165) is 0 Å². The van der Waals surface area contributed by atoms with Crippen molar-refractivity contribution >= 4 is 24.0 Å². The van der Waals surface area contributed by atoms with Crippen molar-refractivity contribution in [1.29, 1.82) is 0 Å². The molecule has 1 rings (SSSR count). The van der Waals surface area contributed by atoms with Crippen molar-refractivity contribution in [3.05, 3.63) is 41.4 Å². The number of halogens is 2. The molecular formula is C9H11Cl2NO. The molecule has 0 heterocycles. The molecule has 1 aromatic carbocycles. The third kappa shape index (κ3) is 2.62. The first-order chi connectivity index (χ1) is 5.66. The maximum absolute atomic E-state index is 9.44. The Labute approximate surface area is 88.4 Å². The van der Waals surface area contributed by atoms with E-state index in [1.54, 1.807) is 24.3 Å². The molecule has 0 aromatic heterocycles. The summed E-state index contributed by atoms with van der Waals surface area (Å²) in [6.07, 6.45) is 1.55. The first-order valence-corrected chi connectivity index (χ1v) is 3.90. The summed E-state index contributed by atoms with van der Waals surface area (Å²) in [4.78, 5) is 0. The fourth-order valence-electron chi connectivity index (χ4n) is 0.928. The molecule has 3 N–H and O–H groups in total. The molecule has 0 spiro atoms. The number of hydrogen-bond acceptors (Lipinski definition) is 2. The van der Waals surface area contributed by atoms with Crippen molar-refractivity contribution in [1.82, 2.24) is 0 Å². The zero-order valence-corrected chi connectivity index (χ0v) is 8.48. The number of rotatable bonds is 2. The van der Waals surface area contributed by atoms with E-state index >= 15 is 0 Å². The fourth-order valence-corrected chi connectivity index (χ4v) is 1.11. The molecule has 0 amide bonds. The number of benzene rings is 1. The molecule has 0 aliphatic rings. The summed E-state index contributed by atoms with van der Waals surface area (Å²) < 4.78 is 0. The molecule has 0 saturated heterocycles. The summed E-state index contributed by atoms with van der Waals surface area (Å²) >= 11 is 5.68. The van der Waals surface area contributed by atoms with Crippen molar-refractivity contribution in [2.24, 2.45) is 5.73 Å². The third-order valence-corrected chi connectivity index (χ3v) is 1.94. The largest absolute Gasteiger partial charge is 0.506 e. The lowest BCUT2D eigenvalue weighted by Gasteiger charge is -2.09. The fraction of sp³-hybridized carbons (Fsp3) is 0.111. The van der Waals surface area contributed by atoms with Gasteiger partial charge in [-0.25, -0.2) is 0 Å². The topological polar surface area (TPSA) is 46.2 Å². The highest BCUT2D eigenvalue weighted by Gasteiger charge is 2.09. The van der Waals surface area contributed by atoms with Crippen molar-refractivity contribution in [2.45, 2.75) is 6.04 Å². The summed E-state index contributed by atoms with van der Waals surface area (Å²) in [5, 5.41) is 9.75. The summed E-state index contributed by atoms with van der Waals surface area (Å²) in [5.74, 6) is 0.0339. The average molecular weight is 220 g/mol. The molecular weight excluding hydrogens is 209 g/mol. The van der Waals surface area contributed by atoms with E-state index in [9.17, 15) is 5.11 Å². The van der Waals surface area contributed by atoms with E-state index in [0.29, 0.717) is 10.6 Å². The molecule has 0 unspecified atom stereocenters. The lowest BCUT2D eigenvalue weighted by Crippen LogP contribution is -2.06. The molecule has 72 valence electrons. The number of phenols is 1. The normalized spacial score (nSPS) is 11.5. The first-order valence-electron chi connectivity index (χ1n) is 3.52. The average Bonchev–Trinajstić information content (AvgIpc) is 2.08. The second-order valence-electron chi connectivity index (χ2n) is 2.44. The molecule has 1 atom stereocenters. The van der Waals surface area contributed by atoms with Crippen LogP contribution in [0, 0.1) is 0 Å². The molecule has 0 aliphatic carbocycles. The second-order valence-corrected chi connectivity index (χ2v) is 2.85.